The van der Waals surface area contributed by atoms with Gasteiger partial charge in [-0.15, -0.1) is 0 Å². The lowest BCUT2D eigenvalue weighted by Gasteiger charge is -2.19. The van der Waals surface area contributed by atoms with E-state index in [2.05, 4.69) is 0 Å². The third-order valence-electron chi connectivity index (χ3n) is 3.43. The summed E-state index contributed by atoms with van der Waals surface area (Å²) >= 11 is 5.88. The quantitative estimate of drug-likeness (QED) is 0.791. The Morgan fingerprint density at radius 2 is 2.15 bits per heavy atom. The van der Waals surface area contributed by atoms with E-state index in [4.69, 9.17) is 20.8 Å². The zero-order valence-electron chi connectivity index (χ0n) is 10.7. The zero-order valence-corrected chi connectivity index (χ0v) is 11.5. The van der Waals surface area contributed by atoms with Gasteiger partial charge in [0.2, 0.25) is 5.76 Å². The van der Waals surface area contributed by atoms with Crippen molar-refractivity contribution in [3.05, 3.63) is 35.0 Å². The highest BCUT2D eigenvalue weighted by atomic mass is 35.5. The number of carbonyl (C=O) groups is 2. The summed E-state index contributed by atoms with van der Waals surface area (Å²) in [4.78, 5) is 23.7. The second-order valence-corrected chi connectivity index (χ2v) is 5.34. The van der Waals surface area contributed by atoms with Crippen molar-refractivity contribution in [2.75, 3.05) is 0 Å². The second-order valence-electron chi connectivity index (χ2n) is 4.90. The van der Waals surface area contributed by atoms with Crippen molar-refractivity contribution in [3.8, 4) is 0 Å². The Labute approximate surface area is 120 Å². The van der Waals surface area contributed by atoms with E-state index >= 15 is 0 Å². The molecule has 0 aliphatic heterocycles. The van der Waals surface area contributed by atoms with Gasteiger partial charge in [-0.2, -0.15) is 0 Å². The van der Waals surface area contributed by atoms with Gasteiger partial charge in [0.15, 0.2) is 11.9 Å². The van der Waals surface area contributed by atoms with Gasteiger partial charge in [-0.1, -0.05) is 11.6 Å². The van der Waals surface area contributed by atoms with Gasteiger partial charge >= 0.3 is 5.97 Å². The normalized spacial score (nSPS) is 19.2. The lowest BCUT2D eigenvalue weighted by Crippen LogP contribution is -2.30. The summed E-state index contributed by atoms with van der Waals surface area (Å²) in [6, 6.07) is 6.67. The molecule has 1 aromatic carbocycles. The van der Waals surface area contributed by atoms with Crippen LogP contribution in [0.25, 0.3) is 11.0 Å². The fourth-order valence-electron chi connectivity index (χ4n) is 2.38. The van der Waals surface area contributed by atoms with Crippen LogP contribution in [0, 0.1) is 0 Å². The van der Waals surface area contributed by atoms with E-state index in [1.165, 1.54) is 0 Å². The number of furan rings is 1. The zero-order chi connectivity index (χ0) is 14.1. The molecule has 1 aliphatic rings. The van der Waals surface area contributed by atoms with Crippen LogP contribution in [0.1, 0.15) is 36.2 Å². The Balaban J connectivity index is 1.79. The number of hydrogen-bond acceptors (Lipinski definition) is 4. The number of hydrogen-bond donors (Lipinski definition) is 0. The standard InChI is InChI=1S/C15H13ClO4/c16-10-5-6-12-9(7-10)8-14(19-12)15(18)20-13-4-2-1-3-11(13)17/h5-8,13H,1-4H2/t13-/m0/s1. The molecule has 0 spiro atoms. The summed E-state index contributed by atoms with van der Waals surface area (Å²) in [5.74, 6) is -0.512. The molecule has 5 heteroatoms. The molecule has 1 heterocycles. The minimum atomic E-state index is -0.631. The molecule has 104 valence electrons. The molecule has 2 aromatic rings. The molecule has 0 amide bonds. The predicted molar refractivity (Wildman–Crippen MR) is 73.9 cm³/mol. The van der Waals surface area contributed by atoms with Crippen LogP contribution < -0.4 is 0 Å². The third-order valence-corrected chi connectivity index (χ3v) is 3.66. The molecular formula is C15H13ClO4. The van der Waals surface area contributed by atoms with Crippen LogP contribution in [0.5, 0.6) is 0 Å². The summed E-state index contributed by atoms with van der Waals surface area (Å²) < 4.78 is 10.7. The topological polar surface area (TPSA) is 56.5 Å². The van der Waals surface area contributed by atoms with Crippen LogP contribution in [0.15, 0.2) is 28.7 Å². The highest BCUT2D eigenvalue weighted by molar-refractivity contribution is 6.31. The van der Waals surface area contributed by atoms with Gasteiger partial charge in [0, 0.05) is 16.8 Å². The molecule has 0 saturated heterocycles. The van der Waals surface area contributed by atoms with E-state index < -0.39 is 12.1 Å². The number of benzene rings is 1. The number of ketones is 1. The Hall–Kier alpha value is -1.81. The third kappa shape index (κ3) is 2.56. The number of rotatable bonds is 2. The van der Waals surface area contributed by atoms with Crippen LogP contribution in [0.4, 0.5) is 0 Å². The van der Waals surface area contributed by atoms with Gasteiger partial charge in [-0.05, 0) is 43.5 Å². The van der Waals surface area contributed by atoms with E-state index in [-0.39, 0.29) is 11.5 Å². The van der Waals surface area contributed by atoms with Crippen molar-refractivity contribution >= 4 is 34.3 Å². The van der Waals surface area contributed by atoms with Gasteiger partial charge in [0.25, 0.3) is 0 Å². The fraction of sp³-hybridized carbons (Fsp3) is 0.333. The smallest absolute Gasteiger partial charge is 0.374 e. The molecular weight excluding hydrogens is 280 g/mol. The van der Waals surface area contributed by atoms with Crippen LogP contribution in [0.2, 0.25) is 5.02 Å². The van der Waals surface area contributed by atoms with Crippen LogP contribution in [-0.4, -0.2) is 17.9 Å². The van der Waals surface area contributed by atoms with Crippen molar-refractivity contribution in [2.24, 2.45) is 0 Å². The van der Waals surface area contributed by atoms with Crippen molar-refractivity contribution < 1.29 is 18.7 Å². The van der Waals surface area contributed by atoms with Crippen LogP contribution >= 0.6 is 11.6 Å². The molecule has 1 atom stereocenters. The minimum Gasteiger partial charge on any atom is -0.449 e. The number of esters is 1. The highest BCUT2D eigenvalue weighted by Crippen LogP contribution is 2.25. The summed E-state index contributed by atoms with van der Waals surface area (Å²) in [5.41, 5.74) is 0.566. The molecule has 1 saturated carbocycles. The Morgan fingerprint density at radius 1 is 1.30 bits per heavy atom. The van der Waals surface area contributed by atoms with Crippen molar-refractivity contribution in [3.63, 3.8) is 0 Å². The molecule has 0 N–H and O–H groups in total. The van der Waals surface area contributed by atoms with Crippen molar-refractivity contribution in [1.82, 2.24) is 0 Å². The Morgan fingerprint density at radius 3 is 2.95 bits per heavy atom. The average Bonchev–Trinajstić information content (AvgIpc) is 2.84. The summed E-state index contributed by atoms with van der Waals surface area (Å²) in [6.07, 6.45) is 2.22. The number of ether oxygens (including phenoxy) is 1. The second kappa shape index (κ2) is 5.29. The first-order chi connectivity index (χ1) is 9.63. The van der Waals surface area contributed by atoms with Gasteiger partial charge in [0.05, 0.1) is 0 Å². The van der Waals surface area contributed by atoms with Gasteiger partial charge in [-0.3, -0.25) is 4.79 Å². The van der Waals surface area contributed by atoms with E-state index in [9.17, 15) is 9.59 Å². The van der Waals surface area contributed by atoms with E-state index in [1.807, 2.05) is 0 Å². The highest BCUT2D eigenvalue weighted by Gasteiger charge is 2.27. The summed E-state index contributed by atoms with van der Waals surface area (Å²) in [5, 5.41) is 1.31. The Kier molecular flexibility index (Phi) is 3.49. The monoisotopic (exact) mass is 292 g/mol. The first kappa shape index (κ1) is 13.2. The first-order valence-corrected chi connectivity index (χ1v) is 6.94. The molecule has 0 radical (unpaired) electrons. The van der Waals surface area contributed by atoms with Crippen LogP contribution in [0.3, 0.4) is 0 Å². The first-order valence-electron chi connectivity index (χ1n) is 6.56. The molecule has 1 fully saturated rings. The minimum absolute atomic E-state index is 0.0104. The molecule has 1 aromatic heterocycles. The van der Waals surface area contributed by atoms with Crippen LogP contribution in [-0.2, 0) is 9.53 Å². The fourth-order valence-corrected chi connectivity index (χ4v) is 2.56. The maximum Gasteiger partial charge on any atom is 0.374 e. The average molecular weight is 293 g/mol. The lowest BCUT2D eigenvalue weighted by molar-refractivity contribution is -0.130. The molecule has 1 aliphatic carbocycles. The number of carbonyl (C=O) groups excluding carboxylic acids is 2. The number of halogens is 1. The molecule has 4 nitrogen and oxygen atoms in total. The number of Topliss-reactive ketones (excluding diaryl/α,β-unsaturated/α-hetero) is 1. The van der Waals surface area contributed by atoms with Gasteiger partial charge < -0.3 is 9.15 Å². The van der Waals surface area contributed by atoms with Crippen molar-refractivity contribution in [2.45, 2.75) is 31.8 Å². The van der Waals surface area contributed by atoms with Crippen molar-refractivity contribution in [1.29, 1.82) is 0 Å². The van der Waals surface area contributed by atoms with Gasteiger partial charge in [0.1, 0.15) is 5.58 Å². The van der Waals surface area contributed by atoms with E-state index in [0.29, 0.717) is 23.4 Å². The maximum atomic E-state index is 12.0. The molecule has 0 unspecified atom stereocenters. The summed E-state index contributed by atoms with van der Waals surface area (Å²) in [6.45, 7) is 0. The predicted octanol–water partition coefficient (Wildman–Crippen LogP) is 3.75. The lowest BCUT2D eigenvalue weighted by atomic mass is 9.96. The molecule has 3 rings (SSSR count). The van der Waals surface area contributed by atoms with Gasteiger partial charge in [-0.25, -0.2) is 4.79 Å². The van der Waals surface area contributed by atoms with E-state index in [0.717, 1.165) is 18.2 Å². The Bertz CT molecular complexity index is 674. The van der Waals surface area contributed by atoms with E-state index in [1.54, 1.807) is 24.3 Å². The largest absolute Gasteiger partial charge is 0.449 e. The number of fused-ring (bicyclic) bond motifs is 1. The molecule has 0 bridgehead atoms. The summed E-state index contributed by atoms with van der Waals surface area (Å²) in [7, 11) is 0. The maximum absolute atomic E-state index is 12.0. The molecule has 20 heavy (non-hydrogen) atoms. The SMILES string of the molecule is O=C(O[C@H]1CCCCC1=O)c1cc2cc(Cl)ccc2o1.